The van der Waals surface area contributed by atoms with Crippen LogP contribution in [-0.2, 0) is 16.0 Å². The molecule has 31 heavy (non-hydrogen) atoms. The highest BCUT2D eigenvalue weighted by Gasteiger charge is 2.26. The van der Waals surface area contributed by atoms with Gasteiger partial charge in [-0.15, -0.1) is 0 Å². The summed E-state index contributed by atoms with van der Waals surface area (Å²) in [6.07, 6.45) is 0.117. The van der Waals surface area contributed by atoms with Crippen molar-refractivity contribution >= 4 is 58.4 Å². The van der Waals surface area contributed by atoms with E-state index in [-0.39, 0.29) is 27.9 Å². The summed E-state index contributed by atoms with van der Waals surface area (Å²) < 4.78 is 0. The van der Waals surface area contributed by atoms with Gasteiger partial charge in [0.25, 0.3) is 5.91 Å². The average Bonchev–Trinajstić information content (AvgIpc) is 2.75. The van der Waals surface area contributed by atoms with E-state index in [0.29, 0.717) is 23.5 Å². The minimum absolute atomic E-state index is 0.117. The second kappa shape index (κ2) is 10.9. The molecule has 0 spiro atoms. The number of carboxylic acid groups (broad SMARTS) is 1. The molecule has 0 bridgehead atoms. The molecule has 164 valence electrons. The van der Waals surface area contributed by atoms with Gasteiger partial charge in [0.15, 0.2) is 0 Å². The summed E-state index contributed by atoms with van der Waals surface area (Å²) in [5, 5.41) is 18.4. The van der Waals surface area contributed by atoms with Crippen LogP contribution >= 0.6 is 35.0 Å². The fourth-order valence-electron chi connectivity index (χ4n) is 3.07. The van der Waals surface area contributed by atoms with E-state index in [4.69, 9.17) is 23.2 Å². The number of anilines is 1. The molecule has 1 aliphatic heterocycles. The molecular formula is C21H21Cl2N3O4S. The number of aliphatic carboxylic acids is 1. The summed E-state index contributed by atoms with van der Waals surface area (Å²) >= 11 is 13.8. The first kappa shape index (κ1) is 23.4. The molecule has 3 rings (SSSR count). The molecule has 0 saturated carbocycles. The second-order valence-electron chi connectivity index (χ2n) is 6.93. The Labute approximate surface area is 193 Å². The van der Waals surface area contributed by atoms with E-state index in [1.807, 2.05) is 0 Å². The van der Waals surface area contributed by atoms with E-state index in [2.05, 4.69) is 16.0 Å². The van der Waals surface area contributed by atoms with Gasteiger partial charge in [0, 0.05) is 30.2 Å². The minimum Gasteiger partial charge on any atom is -0.480 e. The maximum Gasteiger partial charge on any atom is 0.326 e. The van der Waals surface area contributed by atoms with Gasteiger partial charge in [0.1, 0.15) is 6.04 Å². The summed E-state index contributed by atoms with van der Waals surface area (Å²) in [6.45, 7) is 0.715. The van der Waals surface area contributed by atoms with Crippen LogP contribution in [0.1, 0.15) is 15.9 Å². The number of rotatable bonds is 7. The lowest BCUT2D eigenvalue weighted by Gasteiger charge is -2.24. The first-order valence-electron chi connectivity index (χ1n) is 9.53. The molecule has 2 atom stereocenters. The fraction of sp³-hybridized carbons (Fsp3) is 0.286. The van der Waals surface area contributed by atoms with Gasteiger partial charge in [-0.2, -0.15) is 11.8 Å². The van der Waals surface area contributed by atoms with Gasteiger partial charge in [0.05, 0.1) is 21.7 Å². The van der Waals surface area contributed by atoms with Gasteiger partial charge >= 0.3 is 5.97 Å². The van der Waals surface area contributed by atoms with E-state index < -0.39 is 24.0 Å². The van der Waals surface area contributed by atoms with Gasteiger partial charge in [-0.3, -0.25) is 9.59 Å². The zero-order valence-corrected chi connectivity index (χ0v) is 18.7. The van der Waals surface area contributed by atoms with Crippen LogP contribution in [0.25, 0.3) is 0 Å². The van der Waals surface area contributed by atoms with Crippen molar-refractivity contribution < 1.29 is 19.5 Å². The van der Waals surface area contributed by atoms with E-state index in [1.165, 1.54) is 0 Å². The maximum absolute atomic E-state index is 12.5. The normalized spacial score (nSPS) is 16.9. The van der Waals surface area contributed by atoms with Crippen molar-refractivity contribution in [3.63, 3.8) is 0 Å². The molecule has 0 aliphatic carbocycles. The van der Waals surface area contributed by atoms with Crippen molar-refractivity contribution in [3.8, 4) is 0 Å². The second-order valence-corrected chi connectivity index (χ2v) is 8.90. The van der Waals surface area contributed by atoms with Crippen LogP contribution in [-0.4, -0.2) is 53.0 Å². The molecule has 1 unspecified atom stereocenters. The molecule has 2 amide bonds. The molecule has 1 fully saturated rings. The smallest absolute Gasteiger partial charge is 0.326 e. The Morgan fingerprint density at radius 3 is 2.39 bits per heavy atom. The van der Waals surface area contributed by atoms with Crippen LogP contribution < -0.4 is 16.0 Å². The Morgan fingerprint density at radius 1 is 1.13 bits per heavy atom. The number of carbonyl (C=O) groups is 3. The van der Waals surface area contributed by atoms with Crippen LogP contribution in [0, 0.1) is 0 Å². The molecular weight excluding hydrogens is 461 g/mol. The number of benzene rings is 2. The van der Waals surface area contributed by atoms with E-state index in [1.54, 1.807) is 54.2 Å². The molecule has 7 nitrogen and oxygen atoms in total. The van der Waals surface area contributed by atoms with Gasteiger partial charge in [0.2, 0.25) is 5.91 Å². The summed E-state index contributed by atoms with van der Waals surface area (Å²) in [5.41, 5.74) is 1.38. The lowest BCUT2D eigenvalue weighted by atomic mass is 10.0. The molecule has 1 heterocycles. The molecule has 1 aliphatic rings. The topological polar surface area (TPSA) is 108 Å². The van der Waals surface area contributed by atoms with Crippen molar-refractivity contribution in [2.45, 2.75) is 18.5 Å². The molecule has 1 saturated heterocycles. The lowest BCUT2D eigenvalue weighted by Crippen LogP contribution is -2.53. The Hall–Kier alpha value is -2.26. The maximum atomic E-state index is 12.5. The van der Waals surface area contributed by atoms with Crippen LogP contribution in [0.4, 0.5) is 5.69 Å². The monoisotopic (exact) mass is 481 g/mol. The van der Waals surface area contributed by atoms with Crippen molar-refractivity contribution in [3.05, 3.63) is 63.6 Å². The Kier molecular flexibility index (Phi) is 8.20. The number of amides is 2. The standard InChI is InChI=1S/C21H21Cl2N3O4S/c22-14-2-1-3-15(23)18(14)20(28)25-13-6-4-12(5-7-13)10-16(21(29)30)26-19(27)17-11-31-9-8-24-17/h1-7,16-17,24H,8-11H2,(H,25,28)(H,26,27)(H,29,30)/t16?,17-/m0/s1. The molecule has 10 heteroatoms. The molecule has 0 aromatic heterocycles. The van der Waals surface area contributed by atoms with E-state index in [9.17, 15) is 19.5 Å². The van der Waals surface area contributed by atoms with Gasteiger partial charge < -0.3 is 21.1 Å². The lowest BCUT2D eigenvalue weighted by molar-refractivity contribution is -0.142. The quantitative estimate of drug-likeness (QED) is 0.483. The Balaban J connectivity index is 1.62. The van der Waals surface area contributed by atoms with Crippen molar-refractivity contribution in [2.75, 3.05) is 23.4 Å². The van der Waals surface area contributed by atoms with Crippen molar-refractivity contribution in [2.24, 2.45) is 0 Å². The van der Waals surface area contributed by atoms with Crippen LogP contribution in [0.3, 0.4) is 0 Å². The average molecular weight is 482 g/mol. The summed E-state index contributed by atoms with van der Waals surface area (Å²) in [6, 6.07) is 10.0. The third-order valence-electron chi connectivity index (χ3n) is 4.69. The zero-order chi connectivity index (χ0) is 22.4. The third kappa shape index (κ3) is 6.36. The predicted octanol–water partition coefficient (Wildman–Crippen LogP) is 3.06. The number of halogens is 2. The Morgan fingerprint density at radius 2 is 1.81 bits per heavy atom. The number of hydrogen-bond donors (Lipinski definition) is 4. The van der Waals surface area contributed by atoms with E-state index >= 15 is 0 Å². The number of hydrogen-bond acceptors (Lipinski definition) is 5. The van der Waals surface area contributed by atoms with Gasteiger partial charge in [-0.25, -0.2) is 4.79 Å². The molecule has 0 radical (unpaired) electrons. The van der Waals surface area contributed by atoms with Crippen LogP contribution in [0.2, 0.25) is 10.0 Å². The van der Waals surface area contributed by atoms with Crippen molar-refractivity contribution in [1.82, 2.24) is 10.6 Å². The highest BCUT2D eigenvalue weighted by atomic mass is 35.5. The predicted molar refractivity (Wildman–Crippen MR) is 123 cm³/mol. The largest absolute Gasteiger partial charge is 0.480 e. The number of nitrogens with one attached hydrogen (secondary N) is 3. The van der Waals surface area contributed by atoms with Crippen molar-refractivity contribution in [1.29, 1.82) is 0 Å². The molecule has 2 aromatic rings. The molecule has 4 N–H and O–H groups in total. The van der Waals surface area contributed by atoms with Gasteiger partial charge in [-0.1, -0.05) is 41.4 Å². The van der Waals surface area contributed by atoms with Crippen LogP contribution in [0.5, 0.6) is 0 Å². The summed E-state index contributed by atoms with van der Waals surface area (Å²) in [7, 11) is 0. The number of thioether (sulfide) groups is 1. The zero-order valence-electron chi connectivity index (χ0n) is 16.4. The Bertz CT molecular complexity index is 945. The SMILES string of the molecule is O=C(Nc1ccc(CC(NC(=O)[C@@H]2CSCCN2)C(=O)O)cc1)c1c(Cl)cccc1Cl. The third-order valence-corrected chi connectivity index (χ3v) is 6.39. The first-order valence-corrected chi connectivity index (χ1v) is 11.4. The first-order chi connectivity index (χ1) is 14.8. The van der Waals surface area contributed by atoms with Crippen LogP contribution in [0.15, 0.2) is 42.5 Å². The summed E-state index contributed by atoms with van der Waals surface area (Å²) in [4.78, 5) is 36.4. The fourth-order valence-corrected chi connectivity index (χ4v) is 4.58. The highest BCUT2D eigenvalue weighted by molar-refractivity contribution is 7.99. The minimum atomic E-state index is -1.11. The number of carboxylic acids is 1. The number of carbonyl (C=O) groups excluding carboxylic acids is 2. The highest BCUT2D eigenvalue weighted by Crippen LogP contribution is 2.25. The molecule has 2 aromatic carbocycles. The summed E-state index contributed by atoms with van der Waals surface area (Å²) in [5.74, 6) is -0.334. The van der Waals surface area contributed by atoms with E-state index in [0.717, 1.165) is 5.75 Å². The van der Waals surface area contributed by atoms with Gasteiger partial charge in [-0.05, 0) is 29.8 Å².